The molecule has 172 valence electrons. The third-order valence-electron chi connectivity index (χ3n) is 5.74. The summed E-state index contributed by atoms with van der Waals surface area (Å²) < 4.78 is 5.59. The number of hydrogen-bond acceptors (Lipinski definition) is 5. The number of para-hydroxylation sites is 1. The molecule has 0 aliphatic carbocycles. The van der Waals surface area contributed by atoms with Gasteiger partial charge in [0.15, 0.2) is 0 Å². The Labute approximate surface area is 199 Å². The lowest BCUT2D eigenvalue weighted by Crippen LogP contribution is -2.38. The van der Waals surface area contributed by atoms with Crippen molar-refractivity contribution in [2.75, 3.05) is 32.1 Å². The van der Waals surface area contributed by atoms with Crippen molar-refractivity contribution < 1.29 is 9.53 Å². The van der Waals surface area contributed by atoms with E-state index in [0.717, 1.165) is 46.4 Å². The number of nitrogens with zero attached hydrogens (tertiary/aromatic N) is 2. The number of rotatable bonds is 9. The maximum Gasteiger partial charge on any atom is 0.319 e. The van der Waals surface area contributed by atoms with Crippen molar-refractivity contribution in [3.8, 4) is 5.75 Å². The molecule has 2 amide bonds. The molecule has 1 fully saturated rings. The van der Waals surface area contributed by atoms with Gasteiger partial charge in [-0.2, -0.15) is 0 Å². The van der Waals surface area contributed by atoms with Crippen LogP contribution in [0.2, 0.25) is 0 Å². The number of hydrogen-bond donors (Lipinski definition) is 2. The number of benzene rings is 2. The largest absolute Gasteiger partial charge is 0.496 e. The maximum atomic E-state index is 12.7. The minimum absolute atomic E-state index is 0.0792. The van der Waals surface area contributed by atoms with Gasteiger partial charge in [-0.15, -0.1) is 11.8 Å². The SMILES string of the molecule is COc1ccccc1C(CNC(=O)Nc1cccc(CSc2ccccn2)c1)N1CCCC1. The first-order valence-electron chi connectivity index (χ1n) is 11.3. The molecule has 4 rings (SSSR count). The first-order chi connectivity index (χ1) is 16.2. The van der Waals surface area contributed by atoms with Crippen LogP contribution in [0.1, 0.15) is 30.0 Å². The number of aromatic nitrogens is 1. The molecule has 7 heteroatoms. The number of ether oxygens (including phenoxy) is 1. The summed E-state index contributed by atoms with van der Waals surface area (Å²) in [6, 6.07) is 21.8. The number of nitrogens with one attached hydrogen (secondary N) is 2. The van der Waals surface area contributed by atoms with E-state index in [1.807, 2.05) is 54.6 Å². The first-order valence-corrected chi connectivity index (χ1v) is 12.3. The lowest BCUT2D eigenvalue weighted by Gasteiger charge is -2.29. The second-order valence-electron chi connectivity index (χ2n) is 7.99. The van der Waals surface area contributed by atoms with Crippen LogP contribution in [0.25, 0.3) is 0 Å². The van der Waals surface area contributed by atoms with Crippen molar-refractivity contribution in [3.05, 3.63) is 84.1 Å². The molecule has 33 heavy (non-hydrogen) atoms. The molecule has 1 saturated heterocycles. The topological polar surface area (TPSA) is 66.5 Å². The van der Waals surface area contributed by atoms with E-state index in [9.17, 15) is 4.79 Å². The first kappa shape index (κ1) is 23.1. The highest BCUT2D eigenvalue weighted by Crippen LogP contribution is 2.31. The number of thioether (sulfide) groups is 1. The predicted molar refractivity (Wildman–Crippen MR) is 134 cm³/mol. The predicted octanol–water partition coefficient (Wildman–Crippen LogP) is 5.34. The number of likely N-dealkylation sites (tertiary alicyclic amines) is 1. The van der Waals surface area contributed by atoms with Crippen LogP contribution in [0.4, 0.5) is 10.5 Å². The molecular weight excluding hydrogens is 432 g/mol. The summed E-state index contributed by atoms with van der Waals surface area (Å²) in [6.07, 6.45) is 4.16. The van der Waals surface area contributed by atoms with E-state index >= 15 is 0 Å². The van der Waals surface area contributed by atoms with Crippen LogP contribution in [0.3, 0.4) is 0 Å². The van der Waals surface area contributed by atoms with Gasteiger partial charge in [-0.3, -0.25) is 4.90 Å². The Morgan fingerprint density at radius 3 is 2.70 bits per heavy atom. The molecule has 1 aliphatic rings. The van der Waals surface area contributed by atoms with Crippen molar-refractivity contribution in [1.82, 2.24) is 15.2 Å². The normalized spacial score (nSPS) is 14.6. The molecule has 1 aliphatic heterocycles. The number of methoxy groups -OCH3 is 1. The van der Waals surface area contributed by atoms with E-state index in [2.05, 4.69) is 32.7 Å². The van der Waals surface area contributed by atoms with Gasteiger partial charge in [0.2, 0.25) is 0 Å². The van der Waals surface area contributed by atoms with Crippen molar-refractivity contribution in [2.45, 2.75) is 29.7 Å². The second-order valence-corrected chi connectivity index (χ2v) is 8.99. The summed E-state index contributed by atoms with van der Waals surface area (Å²) in [4.78, 5) is 19.5. The zero-order valence-corrected chi connectivity index (χ0v) is 19.7. The molecule has 1 atom stereocenters. The van der Waals surface area contributed by atoms with E-state index in [-0.39, 0.29) is 12.1 Å². The van der Waals surface area contributed by atoms with E-state index in [1.165, 1.54) is 12.8 Å². The fourth-order valence-corrected chi connectivity index (χ4v) is 4.93. The Balaban J connectivity index is 1.36. The van der Waals surface area contributed by atoms with Crippen LogP contribution in [-0.2, 0) is 5.75 Å². The minimum atomic E-state index is -0.205. The summed E-state index contributed by atoms with van der Waals surface area (Å²) in [7, 11) is 1.69. The Kier molecular flexibility index (Phi) is 8.22. The average molecular weight is 463 g/mol. The van der Waals surface area contributed by atoms with Gasteiger partial charge in [-0.25, -0.2) is 9.78 Å². The molecule has 0 radical (unpaired) electrons. The lowest BCUT2D eigenvalue weighted by atomic mass is 10.0. The Bertz CT molecular complexity index is 1040. The number of urea groups is 1. The highest BCUT2D eigenvalue weighted by molar-refractivity contribution is 7.98. The van der Waals surface area contributed by atoms with Crippen LogP contribution >= 0.6 is 11.8 Å². The third kappa shape index (κ3) is 6.49. The molecule has 3 aromatic rings. The van der Waals surface area contributed by atoms with Gasteiger partial charge in [0.05, 0.1) is 18.2 Å². The van der Waals surface area contributed by atoms with E-state index in [4.69, 9.17) is 4.74 Å². The third-order valence-corrected chi connectivity index (χ3v) is 6.76. The van der Waals surface area contributed by atoms with E-state index in [0.29, 0.717) is 6.54 Å². The Morgan fingerprint density at radius 2 is 1.91 bits per heavy atom. The standard InChI is InChI=1S/C26H30N4O2S/c1-32-24-12-3-2-11-22(24)23(30-15-6-7-16-30)18-28-26(31)29-21-10-8-9-20(17-21)19-33-25-13-4-5-14-27-25/h2-5,8-14,17,23H,6-7,15-16,18-19H2,1H3,(H2,28,29,31). The van der Waals surface area contributed by atoms with Crippen LogP contribution < -0.4 is 15.4 Å². The van der Waals surface area contributed by atoms with Crippen LogP contribution in [-0.4, -0.2) is 42.7 Å². The molecule has 2 N–H and O–H groups in total. The molecule has 0 spiro atoms. The van der Waals surface area contributed by atoms with Crippen LogP contribution in [0.5, 0.6) is 5.75 Å². The van der Waals surface area contributed by atoms with Crippen molar-refractivity contribution in [3.63, 3.8) is 0 Å². The lowest BCUT2D eigenvalue weighted by molar-refractivity contribution is 0.224. The number of carbonyl (C=O) groups excluding carboxylic acids is 1. The molecule has 2 heterocycles. The van der Waals surface area contributed by atoms with Gasteiger partial charge in [0, 0.05) is 29.7 Å². The van der Waals surface area contributed by atoms with Crippen LogP contribution in [0, 0.1) is 0 Å². The summed E-state index contributed by atoms with van der Waals surface area (Å²) in [5.41, 5.74) is 3.02. The van der Waals surface area contributed by atoms with Crippen molar-refractivity contribution in [1.29, 1.82) is 0 Å². The number of carbonyl (C=O) groups is 1. The Hall–Kier alpha value is -3.03. The Morgan fingerprint density at radius 1 is 1.09 bits per heavy atom. The molecule has 1 aromatic heterocycles. The smallest absolute Gasteiger partial charge is 0.319 e. The van der Waals surface area contributed by atoms with Crippen LogP contribution in [0.15, 0.2) is 78.0 Å². The minimum Gasteiger partial charge on any atom is -0.496 e. The van der Waals surface area contributed by atoms with Crippen molar-refractivity contribution >= 4 is 23.5 Å². The van der Waals surface area contributed by atoms with Gasteiger partial charge >= 0.3 is 6.03 Å². The van der Waals surface area contributed by atoms with Crippen molar-refractivity contribution in [2.24, 2.45) is 0 Å². The quantitative estimate of drug-likeness (QED) is 0.420. The number of amides is 2. The highest BCUT2D eigenvalue weighted by atomic mass is 32.2. The van der Waals surface area contributed by atoms with E-state index in [1.54, 1.807) is 25.1 Å². The van der Waals surface area contributed by atoms with Gasteiger partial charge < -0.3 is 15.4 Å². The average Bonchev–Trinajstić information content (AvgIpc) is 3.39. The van der Waals surface area contributed by atoms with Gasteiger partial charge in [0.1, 0.15) is 5.75 Å². The monoisotopic (exact) mass is 462 g/mol. The number of anilines is 1. The maximum absolute atomic E-state index is 12.7. The van der Waals surface area contributed by atoms with E-state index < -0.39 is 0 Å². The van der Waals surface area contributed by atoms with Gasteiger partial charge in [0.25, 0.3) is 0 Å². The molecule has 0 bridgehead atoms. The zero-order chi connectivity index (χ0) is 22.9. The molecule has 6 nitrogen and oxygen atoms in total. The summed E-state index contributed by atoms with van der Waals surface area (Å²) >= 11 is 1.67. The summed E-state index contributed by atoms with van der Waals surface area (Å²) in [5.74, 6) is 1.65. The fourth-order valence-electron chi connectivity index (χ4n) is 4.12. The van der Waals surface area contributed by atoms with Gasteiger partial charge in [-0.05, 0) is 61.8 Å². The molecule has 1 unspecified atom stereocenters. The summed E-state index contributed by atoms with van der Waals surface area (Å²) in [5, 5.41) is 7.04. The molecular formula is C26H30N4O2S. The fraction of sp³-hybridized carbons (Fsp3) is 0.308. The second kappa shape index (κ2) is 11.7. The van der Waals surface area contributed by atoms with Gasteiger partial charge in [-0.1, -0.05) is 36.4 Å². The highest BCUT2D eigenvalue weighted by Gasteiger charge is 2.26. The zero-order valence-electron chi connectivity index (χ0n) is 18.9. The molecule has 2 aromatic carbocycles. The molecule has 0 saturated carbocycles. The number of pyridine rings is 1. The summed E-state index contributed by atoms with van der Waals surface area (Å²) in [6.45, 7) is 2.57.